The topological polar surface area (TPSA) is 55.0 Å². The first-order valence-electron chi connectivity index (χ1n) is 5.49. The predicted octanol–water partition coefficient (Wildman–Crippen LogP) is 1.26. The number of nitrogens with zero attached hydrogens (tertiary/aromatic N) is 3. The van der Waals surface area contributed by atoms with Crippen molar-refractivity contribution in [3.8, 4) is 0 Å². The van der Waals surface area contributed by atoms with Crippen molar-refractivity contribution in [2.24, 2.45) is 0 Å². The van der Waals surface area contributed by atoms with Crippen LogP contribution in [0.5, 0.6) is 0 Å². The van der Waals surface area contributed by atoms with Gasteiger partial charge in [0.15, 0.2) is 0 Å². The van der Waals surface area contributed by atoms with E-state index in [0.717, 1.165) is 18.8 Å². The van der Waals surface area contributed by atoms with Gasteiger partial charge in [-0.15, -0.1) is 0 Å². The van der Waals surface area contributed by atoms with Crippen LogP contribution in [0.4, 0.5) is 5.95 Å². The highest BCUT2D eigenvalue weighted by molar-refractivity contribution is 5.20. The van der Waals surface area contributed by atoms with Gasteiger partial charge >= 0.3 is 0 Å². The molecule has 0 aliphatic carbocycles. The molecule has 2 heterocycles. The molecule has 0 unspecified atom stereocenters. The van der Waals surface area contributed by atoms with Gasteiger partial charge in [-0.3, -0.25) is 0 Å². The minimum absolute atomic E-state index is 0.385. The maximum absolute atomic E-state index is 5.58. The SMILES string of the molecule is CC(C)N1CC[C@H](c2ccnc(N)n2)C1. The molecule has 2 rings (SSSR count). The number of likely N-dealkylation sites (tertiary alicyclic amines) is 1. The minimum Gasteiger partial charge on any atom is -0.368 e. The third-order valence-electron chi connectivity index (χ3n) is 3.06. The number of nitrogens with two attached hydrogens (primary N) is 1. The summed E-state index contributed by atoms with van der Waals surface area (Å²) in [5.41, 5.74) is 6.67. The van der Waals surface area contributed by atoms with Crippen LogP contribution in [0.1, 0.15) is 31.9 Å². The summed E-state index contributed by atoms with van der Waals surface area (Å²) in [5, 5.41) is 0. The highest BCUT2D eigenvalue weighted by Crippen LogP contribution is 2.26. The summed E-state index contributed by atoms with van der Waals surface area (Å²) >= 11 is 0. The quantitative estimate of drug-likeness (QED) is 0.791. The van der Waals surface area contributed by atoms with Gasteiger partial charge in [-0.05, 0) is 32.9 Å². The van der Waals surface area contributed by atoms with Gasteiger partial charge in [-0.2, -0.15) is 0 Å². The Morgan fingerprint density at radius 2 is 2.33 bits per heavy atom. The summed E-state index contributed by atoms with van der Waals surface area (Å²) in [7, 11) is 0. The van der Waals surface area contributed by atoms with E-state index >= 15 is 0 Å². The van der Waals surface area contributed by atoms with Gasteiger partial charge < -0.3 is 10.6 Å². The third-order valence-corrected chi connectivity index (χ3v) is 3.06. The molecule has 1 saturated heterocycles. The molecule has 1 aliphatic rings. The molecule has 1 aromatic heterocycles. The van der Waals surface area contributed by atoms with Crippen molar-refractivity contribution < 1.29 is 0 Å². The second-order valence-electron chi connectivity index (χ2n) is 4.41. The van der Waals surface area contributed by atoms with Crippen molar-refractivity contribution in [1.29, 1.82) is 0 Å². The zero-order valence-corrected chi connectivity index (χ0v) is 9.35. The van der Waals surface area contributed by atoms with Crippen molar-refractivity contribution in [2.75, 3.05) is 18.8 Å². The fraction of sp³-hybridized carbons (Fsp3) is 0.636. The van der Waals surface area contributed by atoms with Crippen molar-refractivity contribution in [3.05, 3.63) is 18.0 Å². The summed E-state index contributed by atoms with van der Waals surface area (Å²) in [5.74, 6) is 0.910. The van der Waals surface area contributed by atoms with E-state index in [1.54, 1.807) is 6.20 Å². The van der Waals surface area contributed by atoms with Crippen LogP contribution in [0.3, 0.4) is 0 Å². The van der Waals surface area contributed by atoms with Crippen molar-refractivity contribution in [2.45, 2.75) is 32.2 Å². The number of aromatic nitrogens is 2. The second kappa shape index (κ2) is 4.14. The Labute approximate surface area is 90.5 Å². The molecule has 4 nitrogen and oxygen atoms in total. The molecule has 1 aromatic rings. The van der Waals surface area contributed by atoms with E-state index in [1.165, 1.54) is 6.42 Å². The van der Waals surface area contributed by atoms with Crippen LogP contribution in [0, 0.1) is 0 Å². The molecule has 2 N–H and O–H groups in total. The van der Waals surface area contributed by atoms with Gasteiger partial charge in [0, 0.05) is 24.7 Å². The molecule has 0 spiro atoms. The maximum Gasteiger partial charge on any atom is 0.220 e. The van der Waals surface area contributed by atoms with Crippen LogP contribution in [-0.4, -0.2) is 34.0 Å². The number of hydrogen-bond acceptors (Lipinski definition) is 4. The minimum atomic E-state index is 0.385. The normalized spacial score (nSPS) is 22.5. The molecule has 0 bridgehead atoms. The lowest BCUT2D eigenvalue weighted by atomic mass is 10.1. The van der Waals surface area contributed by atoms with E-state index in [4.69, 9.17) is 5.73 Å². The monoisotopic (exact) mass is 206 g/mol. The average molecular weight is 206 g/mol. The lowest BCUT2D eigenvalue weighted by molar-refractivity contribution is 0.272. The van der Waals surface area contributed by atoms with E-state index in [1.807, 2.05) is 6.07 Å². The van der Waals surface area contributed by atoms with Gasteiger partial charge in [0.1, 0.15) is 0 Å². The van der Waals surface area contributed by atoms with Crippen LogP contribution >= 0.6 is 0 Å². The van der Waals surface area contributed by atoms with E-state index in [2.05, 4.69) is 28.7 Å². The summed E-state index contributed by atoms with van der Waals surface area (Å²) < 4.78 is 0. The van der Waals surface area contributed by atoms with Gasteiger partial charge in [0.05, 0.1) is 5.69 Å². The largest absolute Gasteiger partial charge is 0.368 e. The zero-order valence-electron chi connectivity index (χ0n) is 9.35. The van der Waals surface area contributed by atoms with Crippen LogP contribution in [-0.2, 0) is 0 Å². The summed E-state index contributed by atoms with van der Waals surface area (Å²) in [6.45, 7) is 6.72. The standard InChI is InChI=1S/C11H18N4/c1-8(2)15-6-4-9(7-15)10-3-5-13-11(12)14-10/h3,5,8-9H,4,6-7H2,1-2H3,(H2,12,13,14)/t9-/m0/s1. The first-order valence-corrected chi connectivity index (χ1v) is 5.49. The molecule has 0 amide bonds. The molecule has 82 valence electrons. The molecule has 1 aliphatic heterocycles. The second-order valence-corrected chi connectivity index (χ2v) is 4.41. The molecule has 1 fully saturated rings. The average Bonchev–Trinajstić information content (AvgIpc) is 2.66. The third kappa shape index (κ3) is 2.26. The van der Waals surface area contributed by atoms with Crippen molar-refractivity contribution in [3.63, 3.8) is 0 Å². The fourth-order valence-corrected chi connectivity index (χ4v) is 2.11. The molecular weight excluding hydrogens is 188 g/mol. The lowest BCUT2D eigenvalue weighted by Gasteiger charge is -2.20. The van der Waals surface area contributed by atoms with Gasteiger partial charge in [-0.1, -0.05) is 0 Å². The molecule has 4 heteroatoms. The van der Waals surface area contributed by atoms with Gasteiger partial charge in [0.25, 0.3) is 0 Å². The summed E-state index contributed by atoms with van der Waals surface area (Å²) in [4.78, 5) is 10.7. The van der Waals surface area contributed by atoms with Crippen molar-refractivity contribution in [1.82, 2.24) is 14.9 Å². The number of nitrogen functional groups attached to an aromatic ring is 1. The molecule has 0 radical (unpaired) electrons. The molecule has 0 aromatic carbocycles. The number of rotatable bonds is 2. The highest BCUT2D eigenvalue weighted by atomic mass is 15.2. The Morgan fingerprint density at radius 1 is 1.53 bits per heavy atom. The smallest absolute Gasteiger partial charge is 0.220 e. The Hall–Kier alpha value is -1.16. The van der Waals surface area contributed by atoms with E-state index < -0.39 is 0 Å². The highest BCUT2D eigenvalue weighted by Gasteiger charge is 2.26. The van der Waals surface area contributed by atoms with E-state index in [9.17, 15) is 0 Å². The zero-order chi connectivity index (χ0) is 10.8. The van der Waals surface area contributed by atoms with Gasteiger partial charge in [0.2, 0.25) is 5.95 Å². The number of hydrogen-bond donors (Lipinski definition) is 1. The Kier molecular flexibility index (Phi) is 2.86. The summed E-state index contributed by atoms with van der Waals surface area (Å²) in [6.07, 6.45) is 2.92. The molecule has 1 atom stereocenters. The summed E-state index contributed by atoms with van der Waals surface area (Å²) in [6, 6.07) is 2.60. The Morgan fingerprint density at radius 3 is 2.93 bits per heavy atom. The number of anilines is 1. The Bertz CT molecular complexity index is 337. The van der Waals surface area contributed by atoms with E-state index in [-0.39, 0.29) is 0 Å². The van der Waals surface area contributed by atoms with Crippen molar-refractivity contribution >= 4 is 5.95 Å². The van der Waals surface area contributed by atoms with Crippen LogP contribution < -0.4 is 5.73 Å². The maximum atomic E-state index is 5.58. The first-order chi connectivity index (χ1) is 7.16. The molecular formula is C11H18N4. The van der Waals surface area contributed by atoms with Crippen LogP contribution in [0.2, 0.25) is 0 Å². The molecule has 15 heavy (non-hydrogen) atoms. The first kappa shape index (κ1) is 10.4. The predicted molar refractivity (Wildman–Crippen MR) is 60.5 cm³/mol. The fourth-order valence-electron chi connectivity index (χ4n) is 2.11. The van der Waals surface area contributed by atoms with Crippen LogP contribution in [0.15, 0.2) is 12.3 Å². The Balaban J connectivity index is 2.08. The lowest BCUT2D eigenvalue weighted by Crippen LogP contribution is -2.28. The van der Waals surface area contributed by atoms with Gasteiger partial charge in [-0.25, -0.2) is 9.97 Å². The van der Waals surface area contributed by atoms with E-state index in [0.29, 0.717) is 17.9 Å². The van der Waals surface area contributed by atoms with Crippen LogP contribution in [0.25, 0.3) is 0 Å². The molecule has 0 saturated carbocycles.